The number of nitrogens with one attached hydrogen (secondary N) is 1. The van der Waals surface area contributed by atoms with Crippen LogP contribution in [0.3, 0.4) is 0 Å². The molecular formula is C12H10ClN3S2. The first-order valence-electron chi connectivity index (χ1n) is 5.42. The van der Waals surface area contributed by atoms with E-state index in [0.29, 0.717) is 0 Å². The molecular weight excluding hydrogens is 286 g/mol. The van der Waals surface area contributed by atoms with Gasteiger partial charge in [0.2, 0.25) is 5.28 Å². The highest BCUT2D eigenvalue weighted by Crippen LogP contribution is 2.27. The van der Waals surface area contributed by atoms with Gasteiger partial charge in [-0.3, -0.25) is 0 Å². The molecule has 3 aromatic rings. The first kappa shape index (κ1) is 11.9. The van der Waals surface area contributed by atoms with Crippen LogP contribution in [0.1, 0.15) is 9.75 Å². The summed E-state index contributed by atoms with van der Waals surface area (Å²) >= 11 is 9.26. The summed E-state index contributed by atoms with van der Waals surface area (Å²) in [6.07, 6.45) is 0. The van der Waals surface area contributed by atoms with E-state index in [1.807, 2.05) is 11.4 Å². The van der Waals surface area contributed by atoms with Gasteiger partial charge in [-0.2, -0.15) is 0 Å². The third kappa shape index (κ3) is 2.34. The molecule has 0 unspecified atom stereocenters. The lowest BCUT2D eigenvalue weighted by Crippen LogP contribution is -2.01. The molecule has 0 aliphatic rings. The summed E-state index contributed by atoms with van der Waals surface area (Å²) in [6, 6.07) is 6.26. The van der Waals surface area contributed by atoms with E-state index >= 15 is 0 Å². The van der Waals surface area contributed by atoms with Crippen molar-refractivity contribution in [3.8, 4) is 0 Å². The van der Waals surface area contributed by atoms with Gasteiger partial charge in [0, 0.05) is 9.75 Å². The zero-order chi connectivity index (χ0) is 12.5. The van der Waals surface area contributed by atoms with Crippen molar-refractivity contribution in [1.82, 2.24) is 9.97 Å². The maximum Gasteiger partial charge on any atom is 0.225 e. The maximum atomic E-state index is 5.91. The van der Waals surface area contributed by atoms with E-state index in [1.54, 1.807) is 22.7 Å². The van der Waals surface area contributed by atoms with Crippen LogP contribution in [-0.4, -0.2) is 9.97 Å². The van der Waals surface area contributed by atoms with E-state index in [9.17, 15) is 0 Å². The highest BCUT2D eigenvalue weighted by molar-refractivity contribution is 7.16. The van der Waals surface area contributed by atoms with Gasteiger partial charge in [0.25, 0.3) is 0 Å². The Bertz CT molecular complexity index is 690. The number of rotatable bonds is 3. The third-order valence-corrected chi connectivity index (χ3v) is 4.50. The summed E-state index contributed by atoms with van der Waals surface area (Å²) in [5.74, 6) is 0.803. The zero-order valence-electron chi connectivity index (χ0n) is 9.61. The Morgan fingerprint density at radius 3 is 2.94 bits per heavy atom. The van der Waals surface area contributed by atoms with Gasteiger partial charge in [-0.25, -0.2) is 9.97 Å². The lowest BCUT2D eigenvalue weighted by atomic mass is 10.3. The van der Waals surface area contributed by atoms with Crippen molar-refractivity contribution in [3.63, 3.8) is 0 Å². The number of thiophene rings is 2. The lowest BCUT2D eigenvalue weighted by Gasteiger charge is -2.05. The minimum absolute atomic E-state index is 0.287. The van der Waals surface area contributed by atoms with E-state index in [0.717, 1.165) is 22.6 Å². The molecule has 6 heteroatoms. The predicted molar refractivity (Wildman–Crippen MR) is 78.8 cm³/mol. The van der Waals surface area contributed by atoms with E-state index in [-0.39, 0.29) is 5.28 Å². The number of hydrogen-bond donors (Lipinski definition) is 1. The number of nitrogens with zero attached hydrogens (tertiary/aromatic N) is 2. The van der Waals surface area contributed by atoms with Crippen molar-refractivity contribution in [2.75, 3.05) is 5.32 Å². The highest BCUT2D eigenvalue weighted by atomic mass is 35.5. The molecule has 0 amide bonds. The fourth-order valence-electron chi connectivity index (χ4n) is 1.72. The first-order valence-corrected chi connectivity index (χ1v) is 7.50. The minimum atomic E-state index is 0.287. The molecule has 0 fully saturated rings. The summed E-state index contributed by atoms with van der Waals surface area (Å²) in [7, 11) is 0. The largest absolute Gasteiger partial charge is 0.364 e. The molecule has 92 valence electrons. The second-order valence-corrected chi connectivity index (χ2v) is 6.45. The summed E-state index contributed by atoms with van der Waals surface area (Å²) in [5.41, 5.74) is 0. The van der Waals surface area contributed by atoms with Gasteiger partial charge in [-0.15, -0.1) is 22.7 Å². The van der Waals surface area contributed by atoms with Gasteiger partial charge in [0.1, 0.15) is 10.6 Å². The molecule has 3 nitrogen and oxygen atoms in total. The monoisotopic (exact) mass is 295 g/mol. The second-order valence-electron chi connectivity index (χ2n) is 3.85. The van der Waals surface area contributed by atoms with Crippen LogP contribution in [0, 0.1) is 6.92 Å². The Morgan fingerprint density at radius 2 is 2.17 bits per heavy atom. The molecule has 1 N–H and O–H groups in total. The van der Waals surface area contributed by atoms with Crippen molar-refractivity contribution >= 4 is 50.3 Å². The molecule has 0 atom stereocenters. The number of aromatic nitrogens is 2. The molecule has 3 heterocycles. The van der Waals surface area contributed by atoms with E-state index in [1.165, 1.54) is 9.75 Å². The first-order chi connectivity index (χ1) is 8.72. The molecule has 3 aromatic heterocycles. The zero-order valence-corrected chi connectivity index (χ0v) is 12.0. The fourth-order valence-corrected chi connectivity index (χ4v) is 3.53. The number of fused-ring (bicyclic) bond motifs is 1. The van der Waals surface area contributed by atoms with Crippen molar-refractivity contribution in [2.45, 2.75) is 13.5 Å². The topological polar surface area (TPSA) is 37.8 Å². The Kier molecular flexibility index (Phi) is 3.20. The van der Waals surface area contributed by atoms with Gasteiger partial charge in [-0.1, -0.05) is 0 Å². The van der Waals surface area contributed by atoms with E-state index in [4.69, 9.17) is 11.6 Å². The van der Waals surface area contributed by atoms with Crippen LogP contribution in [0.15, 0.2) is 23.6 Å². The van der Waals surface area contributed by atoms with Crippen molar-refractivity contribution in [3.05, 3.63) is 38.6 Å². The molecule has 0 saturated heterocycles. The Balaban J connectivity index is 1.87. The van der Waals surface area contributed by atoms with Gasteiger partial charge in [-0.05, 0) is 42.1 Å². The smallest absolute Gasteiger partial charge is 0.225 e. The second kappa shape index (κ2) is 4.84. The SMILES string of the molecule is Cc1ccc(CNc2nc(Cl)nc3sccc23)s1. The maximum absolute atomic E-state index is 5.91. The van der Waals surface area contributed by atoms with E-state index in [2.05, 4.69) is 34.3 Å². The third-order valence-electron chi connectivity index (χ3n) is 2.52. The van der Waals surface area contributed by atoms with Crippen LogP contribution in [0.2, 0.25) is 5.28 Å². The number of hydrogen-bond acceptors (Lipinski definition) is 5. The molecule has 0 saturated carbocycles. The Morgan fingerprint density at radius 1 is 1.28 bits per heavy atom. The summed E-state index contributed by atoms with van der Waals surface area (Å²) in [6.45, 7) is 2.86. The van der Waals surface area contributed by atoms with Crippen LogP contribution < -0.4 is 5.32 Å². The molecule has 0 aliphatic carbocycles. The predicted octanol–water partition coefficient (Wildman–Crippen LogP) is 4.33. The highest BCUT2D eigenvalue weighted by Gasteiger charge is 2.07. The van der Waals surface area contributed by atoms with Gasteiger partial charge < -0.3 is 5.32 Å². The number of halogens is 1. The lowest BCUT2D eigenvalue weighted by molar-refractivity contribution is 1.13. The minimum Gasteiger partial charge on any atom is -0.364 e. The van der Waals surface area contributed by atoms with E-state index < -0.39 is 0 Å². The average molecular weight is 296 g/mol. The quantitative estimate of drug-likeness (QED) is 0.731. The molecule has 3 rings (SSSR count). The molecule has 0 aromatic carbocycles. The van der Waals surface area contributed by atoms with Crippen LogP contribution in [0.25, 0.3) is 10.2 Å². The van der Waals surface area contributed by atoms with Crippen LogP contribution in [-0.2, 0) is 6.54 Å². The van der Waals surface area contributed by atoms with Gasteiger partial charge in [0.15, 0.2) is 0 Å². The van der Waals surface area contributed by atoms with Crippen molar-refractivity contribution in [1.29, 1.82) is 0 Å². The number of anilines is 1. The standard InChI is InChI=1S/C12H10ClN3S2/c1-7-2-3-8(18-7)6-14-10-9-4-5-17-11(9)16-12(13)15-10/h2-5H,6H2,1H3,(H,14,15,16). The van der Waals surface area contributed by atoms with Gasteiger partial charge in [0.05, 0.1) is 11.9 Å². The fraction of sp³-hybridized carbons (Fsp3) is 0.167. The summed E-state index contributed by atoms with van der Waals surface area (Å²) in [5, 5.41) is 6.63. The van der Waals surface area contributed by atoms with Crippen LogP contribution >= 0.6 is 34.3 Å². The van der Waals surface area contributed by atoms with Crippen molar-refractivity contribution in [2.24, 2.45) is 0 Å². The van der Waals surface area contributed by atoms with Crippen LogP contribution in [0.5, 0.6) is 0 Å². The van der Waals surface area contributed by atoms with Crippen LogP contribution in [0.4, 0.5) is 5.82 Å². The molecule has 0 spiro atoms. The molecule has 18 heavy (non-hydrogen) atoms. The van der Waals surface area contributed by atoms with Crippen molar-refractivity contribution < 1.29 is 0 Å². The molecule has 0 aliphatic heterocycles. The van der Waals surface area contributed by atoms with Gasteiger partial charge >= 0.3 is 0 Å². The number of aryl methyl sites for hydroxylation is 1. The summed E-state index contributed by atoms with van der Waals surface area (Å²) < 4.78 is 0. The normalized spacial score (nSPS) is 11.0. The Hall–Kier alpha value is -1.17. The molecule has 0 bridgehead atoms. The molecule has 0 radical (unpaired) electrons. The summed E-state index contributed by atoms with van der Waals surface area (Å²) in [4.78, 5) is 12.0. The Labute approximate surface area is 117 Å². The average Bonchev–Trinajstić information content (AvgIpc) is 2.94.